The third kappa shape index (κ3) is 3.59. The number of hydrogen-bond donors (Lipinski definition) is 0. The molecule has 0 amide bonds. The fraction of sp³-hybridized carbons (Fsp3) is 0.636. The van der Waals surface area contributed by atoms with Gasteiger partial charge in [-0.15, -0.1) is 0 Å². The molecule has 0 aliphatic heterocycles. The highest BCUT2D eigenvalue weighted by molar-refractivity contribution is 6.73. The summed E-state index contributed by atoms with van der Waals surface area (Å²) in [4.78, 5) is 0. The Morgan fingerprint density at radius 2 is 1.68 bits per heavy atom. The van der Waals surface area contributed by atoms with E-state index < -0.39 is 8.32 Å². The van der Waals surface area contributed by atoms with Gasteiger partial charge in [-0.1, -0.05) is 58.2 Å². The third-order valence-electron chi connectivity index (χ3n) is 6.66. The second kappa shape index (κ2) is 7.67. The van der Waals surface area contributed by atoms with E-state index in [2.05, 4.69) is 58.0 Å². The van der Waals surface area contributed by atoms with Crippen LogP contribution in [0.5, 0.6) is 0 Å². The van der Waals surface area contributed by atoms with Crippen LogP contribution in [0.25, 0.3) is 11.0 Å². The molecule has 1 atom stereocenters. The molecule has 1 aromatic carbocycles. The molecule has 3 heteroatoms. The molecule has 0 saturated heterocycles. The molecule has 2 aromatic rings. The van der Waals surface area contributed by atoms with Crippen LogP contribution >= 0.6 is 0 Å². The summed E-state index contributed by atoms with van der Waals surface area (Å²) in [7, 11) is -1.73. The van der Waals surface area contributed by atoms with Crippen molar-refractivity contribution < 1.29 is 8.84 Å². The molecule has 0 spiro atoms. The van der Waals surface area contributed by atoms with Crippen molar-refractivity contribution in [2.45, 2.75) is 83.5 Å². The second-order valence-electron chi connectivity index (χ2n) is 7.94. The summed E-state index contributed by atoms with van der Waals surface area (Å²) in [6.45, 7) is 9.28. The van der Waals surface area contributed by atoms with E-state index in [1.54, 1.807) is 0 Å². The maximum atomic E-state index is 7.17. The second-order valence-corrected chi connectivity index (χ2v) is 12.6. The maximum absolute atomic E-state index is 7.17. The van der Waals surface area contributed by atoms with E-state index in [0.29, 0.717) is 5.92 Å². The topological polar surface area (TPSA) is 22.4 Å². The molecule has 3 rings (SSSR count). The van der Waals surface area contributed by atoms with Crippen LogP contribution in [0.2, 0.25) is 18.1 Å². The zero-order valence-corrected chi connectivity index (χ0v) is 17.4. The van der Waals surface area contributed by atoms with Crippen LogP contribution in [-0.2, 0) is 10.0 Å². The molecule has 1 aromatic heterocycles. The number of para-hydroxylation sites is 1. The van der Waals surface area contributed by atoms with Gasteiger partial charge in [-0.25, -0.2) is 0 Å². The molecule has 1 heterocycles. The SMILES string of the molecule is CC[Si](CC)(CC)O[C@](C)(c1cc2ccccc2o1)C1CCCCC1. The zero-order chi connectivity index (χ0) is 17.9. The van der Waals surface area contributed by atoms with Gasteiger partial charge >= 0.3 is 0 Å². The average molecular weight is 359 g/mol. The lowest BCUT2D eigenvalue weighted by Crippen LogP contribution is -2.48. The number of furan rings is 1. The summed E-state index contributed by atoms with van der Waals surface area (Å²) in [5.74, 6) is 1.62. The van der Waals surface area contributed by atoms with Gasteiger partial charge < -0.3 is 8.84 Å². The van der Waals surface area contributed by atoms with Crippen LogP contribution in [0, 0.1) is 5.92 Å². The van der Waals surface area contributed by atoms with Crippen LogP contribution in [0.3, 0.4) is 0 Å². The summed E-state index contributed by atoms with van der Waals surface area (Å²) >= 11 is 0. The molecule has 1 aliphatic carbocycles. The lowest BCUT2D eigenvalue weighted by Gasteiger charge is -2.45. The summed E-state index contributed by atoms with van der Waals surface area (Å²) in [6, 6.07) is 14.1. The molecule has 0 radical (unpaired) electrons. The molecule has 1 saturated carbocycles. The highest BCUT2D eigenvalue weighted by atomic mass is 28.4. The normalized spacial score (nSPS) is 19.2. The van der Waals surface area contributed by atoms with Crippen LogP contribution < -0.4 is 0 Å². The first-order chi connectivity index (χ1) is 12.1. The number of rotatable bonds is 7. The lowest BCUT2D eigenvalue weighted by atomic mass is 9.76. The van der Waals surface area contributed by atoms with E-state index in [1.807, 2.05) is 0 Å². The van der Waals surface area contributed by atoms with Crippen molar-refractivity contribution in [3.63, 3.8) is 0 Å². The van der Waals surface area contributed by atoms with E-state index in [0.717, 1.165) is 11.3 Å². The van der Waals surface area contributed by atoms with Gasteiger partial charge in [0.15, 0.2) is 8.32 Å². The quantitative estimate of drug-likeness (QED) is 0.486. The molecular formula is C22H34O2Si. The van der Waals surface area contributed by atoms with Crippen LogP contribution in [-0.4, -0.2) is 8.32 Å². The van der Waals surface area contributed by atoms with Crippen molar-refractivity contribution >= 4 is 19.3 Å². The van der Waals surface area contributed by atoms with E-state index in [9.17, 15) is 0 Å². The molecule has 25 heavy (non-hydrogen) atoms. The minimum absolute atomic E-state index is 0.284. The molecular weight excluding hydrogens is 324 g/mol. The van der Waals surface area contributed by atoms with Gasteiger partial charge in [0.2, 0.25) is 0 Å². The van der Waals surface area contributed by atoms with Gasteiger partial charge in [-0.3, -0.25) is 0 Å². The fourth-order valence-corrected chi connectivity index (χ4v) is 7.73. The Morgan fingerprint density at radius 1 is 1.04 bits per heavy atom. The van der Waals surface area contributed by atoms with E-state index in [-0.39, 0.29) is 5.60 Å². The van der Waals surface area contributed by atoms with E-state index in [1.165, 1.54) is 55.6 Å². The summed E-state index contributed by atoms with van der Waals surface area (Å²) in [6.07, 6.45) is 6.53. The Labute approximate surface area is 154 Å². The first kappa shape index (κ1) is 18.7. The minimum atomic E-state index is -1.73. The van der Waals surface area contributed by atoms with Gasteiger partial charge in [0.1, 0.15) is 16.9 Å². The standard InChI is InChI=1S/C22H34O2Si/c1-5-25(6-2,7-3)24-22(4,19-14-9-8-10-15-19)21-17-18-13-11-12-16-20(18)23-21/h11-13,16-17,19H,5-10,14-15H2,1-4H3/t22-/m0/s1. The predicted molar refractivity (Wildman–Crippen MR) is 108 cm³/mol. The van der Waals surface area contributed by atoms with Crippen LogP contribution in [0.1, 0.15) is 65.6 Å². The fourth-order valence-electron chi connectivity index (χ4n) is 4.63. The van der Waals surface area contributed by atoms with Crippen molar-refractivity contribution in [3.8, 4) is 0 Å². The van der Waals surface area contributed by atoms with Gasteiger partial charge in [-0.05, 0) is 55.9 Å². The zero-order valence-electron chi connectivity index (χ0n) is 16.4. The summed E-state index contributed by atoms with van der Waals surface area (Å²) in [5.41, 5.74) is 0.702. The van der Waals surface area contributed by atoms with E-state index in [4.69, 9.17) is 8.84 Å². The molecule has 1 fully saturated rings. The minimum Gasteiger partial charge on any atom is -0.458 e. The van der Waals surface area contributed by atoms with Gasteiger partial charge in [0.05, 0.1) is 0 Å². The van der Waals surface area contributed by atoms with Crippen LogP contribution in [0.15, 0.2) is 34.7 Å². The molecule has 1 aliphatic rings. The largest absolute Gasteiger partial charge is 0.458 e. The molecule has 0 bridgehead atoms. The third-order valence-corrected chi connectivity index (χ3v) is 11.4. The maximum Gasteiger partial charge on any atom is 0.193 e. The monoisotopic (exact) mass is 358 g/mol. The first-order valence-corrected chi connectivity index (χ1v) is 12.8. The average Bonchev–Trinajstić information content (AvgIpc) is 3.12. The predicted octanol–water partition coefficient (Wildman–Crippen LogP) is 7.25. The Balaban J connectivity index is 2.04. The number of fused-ring (bicyclic) bond motifs is 1. The smallest absolute Gasteiger partial charge is 0.193 e. The Bertz CT molecular complexity index is 641. The Morgan fingerprint density at radius 3 is 2.28 bits per heavy atom. The Hall–Kier alpha value is -1.06. The lowest BCUT2D eigenvalue weighted by molar-refractivity contribution is -0.0236. The highest BCUT2D eigenvalue weighted by Crippen LogP contribution is 2.46. The van der Waals surface area contributed by atoms with Gasteiger partial charge in [-0.2, -0.15) is 0 Å². The van der Waals surface area contributed by atoms with Crippen molar-refractivity contribution in [1.29, 1.82) is 0 Å². The summed E-state index contributed by atoms with van der Waals surface area (Å²) in [5, 5.41) is 1.19. The number of hydrogen-bond acceptors (Lipinski definition) is 2. The van der Waals surface area contributed by atoms with Crippen molar-refractivity contribution in [2.75, 3.05) is 0 Å². The van der Waals surface area contributed by atoms with Crippen molar-refractivity contribution in [1.82, 2.24) is 0 Å². The van der Waals surface area contributed by atoms with Crippen molar-refractivity contribution in [3.05, 3.63) is 36.1 Å². The van der Waals surface area contributed by atoms with Gasteiger partial charge in [0, 0.05) is 5.39 Å². The summed E-state index contributed by atoms with van der Waals surface area (Å²) < 4.78 is 13.5. The van der Waals surface area contributed by atoms with E-state index >= 15 is 0 Å². The van der Waals surface area contributed by atoms with Crippen molar-refractivity contribution in [2.24, 2.45) is 5.92 Å². The van der Waals surface area contributed by atoms with Gasteiger partial charge in [0.25, 0.3) is 0 Å². The number of benzene rings is 1. The molecule has 138 valence electrons. The molecule has 0 N–H and O–H groups in total. The van der Waals surface area contributed by atoms with Crippen LogP contribution in [0.4, 0.5) is 0 Å². The molecule has 0 unspecified atom stereocenters. The highest BCUT2D eigenvalue weighted by Gasteiger charge is 2.46. The first-order valence-electron chi connectivity index (χ1n) is 10.3. The Kier molecular flexibility index (Phi) is 5.74. The molecule has 2 nitrogen and oxygen atoms in total.